The Morgan fingerprint density at radius 1 is 0.692 bits per heavy atom. The van der Waals surface area contributed by atoms with E-state index in [1.807, 2.05) is 0 Å². The highest BCUT2D eigenvalue weighted by Gasteiger charge is 2.61. The van der Waals surface area contributed by atoms with Crippen molar-refractivity contribution in [3.63, 3.8) is 0 Å². The molecule has 2 aromatic carbocycles. The van der Waals surface area contributed by atoms with Gasteiger partial charge in [-0.15, -0.1) is 0 Å². The number of rotatable bonds is 5. The molecular weight excluding hydrogens is 348 g/mol. The predicted octanol–water partition coefficient (Wildman–Crippen LogP) is 4.61. The highest BCUT2D eigenvalue weighted by Crippen LogP contribution is 2.43. The SMILES string of the molecule is C[Si](C)(c1ccccc1)C(O)(C1CCCCC1)[Si](C)(C)c1ccccc1. The first kappa shape index (κ1) is 19.6. The van der Waals surface area contributed by atoms with Crippen LogP contribution in [0.15, 0.2) is 60.7 Å². The molecule has 0 aliphatic heterocycles. The molecule has 0 atom stereocenters. The minimum absolute atomic E-state index is 0.431. The first-order chi connectivity index (χ1) is 12.3. The van der Waals surface area contributed by atoms with E-state index >= 15 is 0 Å². The molecule has 0 radical (unpaired) electrons. The molecule has 0 aromatic heterocycles. The van der Waals surface area contributed by atoms with Gasteiger partial charge in [0.25, 0.3) is 0 Å². The Labute approximate surface area is 161 Å². The largest absolute Gasteiger partial charge is 0.396 e. The summed E-state index contributed by atoms with van der Waals surface area (Å²) in [5, 5.41) is 15.5. The van der Waals surface area contributed by atoms with Crippen molar-refractivity contribution in [3.05, 3.63) is 60.7 Å². The van der Waals surface area contributed by atoms with Gasteiger partial charge in [0.1, 0.15) is 16.1 Å². The Hall–Kier alpha value is -1.17. The molecule has 2 aromatic rings. The van der Waals surface area contributed by atoms with E-state index in [1.54, 1.807) is 0 Å². The molecule has 0 amide bonds. The van der Waals surface area contributed by atoms with Crippen LogP contribution in [0.3, 0.4) is 0 Å². The van der Waals surface area contributed by atoms with Crippen LogP contribution in [0.1, 0.15) is 32.1 Å². The zero-order valence-corrected chi connectivity index (χ0v) is 18.8. The van der Waals surface area contributed by atoms with Crippen LogP contribution in [0.4, 0.5) is 0 Å². The van der Waals surface area contributed by atoms with Gasteiger partial charge in [0.05, 0.1) is 4.85 Å². The van der Waals surface area contributed by atoms with E-state index in [1.165, 1.54) is 42.5 Å². The molecule has 26 heavy (non-hydrogen) atoms. The van der Waals surface area contributed by atoms with E-state index in [-0.39, 0.29) is 0 Å². The maximum atomic E-state index is 12.7. The number of aliphatic hydroxyl groups is 1. The Morgan fingerprint density at radius 3 is 1.46 bits per heavy atom. The molecule has 0 spiro atoms. The van der Waals surface area contributed by atoms with Gasteiger partial charge >= 0.3 is 0 Å². The molecule has 1 nitrogen and oxygen atoms in total. The van der Waals surface area contributed by atoms with Crippen molar-refractivity contribution in [1.29, 1.82) is 0 Å². The van der Waals surface area contributed by atoms with Gasteiger partial charge < -0.3 is 5.11 Å². The first-order valence-electron chi connectivity index (χ1n) is 10.2. The molecule has 0 heterocycles. The fraction of sp³-hybridized carbons (Fsp3) is 0.478. The van der Waals surface area contributed by atoms with Crippen LogP contribution in [0.5, 0.6) is 0 Å². The van der Waals surface area contributed by atoms with Gasteiger partial charge in [-0.25, -0.2) is 0 Å². The lowest BCUT2D eigenvalue weighted by molar-refractivity contribution is 0.0967. The van der Waals surface area contributed by atoms with Gasteiger partial charge in [-0.2, -0.15) is 0 Å². The summed E-state index contributed by atoms with van der Waals surface area (Å²) < 4.78 is 0. The van der Waals surface area contributed by atoms with Crippen molar-refractivity contribution in [3.8, 4) is 0 Å². The topological polar surface area (TPSA) is 20.2 Å². The van der Waals surface area contributed by atoms with E-state index in [2.05, 4.69) is 86.9 Å². The third-order valence-corrected chi connectivity index (χ3v) is 19.0. The molecule has 0 unspecified atom stereocenters. The zero-order chi connectivity index (χ0) is 18.8. The lowest BCUT2D eigenvalue weighted by atomic mass is 9.89. The van der Waals surface area contributed by atoms with Crippen LogP contribution in [0.25, 0.3) is 0 Å². The third-order valence-electron chi connectivity index (χ3n) is 7.09. The molecule has 1 saturated carbocycles. The Bertz CT molecular complexity index is 652. The quantitative estimate of drug-likeness (QED) is 0.749. The summed E-state index contributed by atoms with van der Waals surface area (Å²) in [5.41, 5.74) is 0. The first-order valence-corrected chi connectivity index (χ1v) is 16.2. The van der Waals surface area contributed by atoms with Crippen LogP contribution in [-0.4, -0.2) is 26.1 Å². The molecule has 0 bridgehead atoms. The molecular formula is C23H34OSi2. The summed E-state index contributed by atoms with van der Waals surface area (Å²) >= 11 is 0. The van der Waals surface area contributed by atoms with Gasteiger partial charge in [-0.3, -0.25) is 0 Å². The van der Waals surface area contributed by atoms with Crippen molar-refractivity contribution >= 4 is 26.5 Å². The monoisotopic (exact) mass is 382 g/mol. The lowest BCUT2D eigenvalue weighted by Gasteiger charge is -2.56. The molecule has 140 valence electrons. The van der Waals surface area contributed by atoms with E-state index < -0.39 is 21.0 Å². The normalized spacial score (nSPS) is 17.3. The number of hydrogen-bond acceptors (Lipinski definition) is 1. The van der Waals surface area contributed by atoms with Gasteiger partial charge in [0, 0.05) is 0 Å². The minimum atomic E-state index is -2.12. The van der Waals surface area contributed by atoms with Crippen molar-refractivity contribution < 1.29 is 5.11 Å². The zero-order valence-electron chi connectivity index (χ0n) is 16.8. The molecule has 3 heteroatoms. The number of hydrogen-bond donors (Lipinski definition) is 1. The van der Waals surface area contributed by atoms with E-state index in [4.69, 9.17) is 0 Å². The van der Waals surface area contributed by atoms with Crippen molar-refractivity contribution in [2.24, 2.45) is 5.92 Å². The maximum absolute atomic E-state index is 12.7. The summed E-state index contributed by atoms with van der Waals surface area (Å²) in [7, 11) is -4.24. The minimum Gasteiger partial charge on any atom is -0.396 e. The second kappa shape index (κ2) is 7.45. The molecule has 3 rings (SSSR count). The fourth-order valence-corrected chi connectivity index (χ4v) is 18.1. The summed E-state index contributed by atoms with van der Waals surface area (Å²) in [4.78, 5) is -0.552. The Morgan fingerprint density at radius 2 is 1.08 bits per heavy atom. The average Bonchev–Trinajstić information content (AvgIpc) is 2.69. The average molecular weight is 383 g/mol. The molecule has 1 aliphatic carbocycles. The van der Waals surface area contributed by atoms with Crippen molar-refractivity contribution in [2.75, 3.05) is 0 Å². The second-order valence-electron chi connectivity index (χ2n) is 9.08. The summed E-state index contributed by atoms with van der Waals surface area (Å²) in [6.45, 7) is 9.65. The van der Waals surface area contributed by atoms with Crippen molar-refractivity contribution in [2.45, 2.75) is 63.1 Å². The smallest absolute Gasteiger partial charge is 0.113 e. The maximum Gasteiger partial charge on any atom is 0.113 e. The van der Waals surface area contributed by atoms with Crippen LogP contribution < -0.4 is 10.4 Å². The summed E-state index contributed by atoms with van der Waals surface area (Å²) in [6.07, 6.45) is 6.23. The van der Waals surface area contributed by atoms with E-state index in [0.717, 1.165) is 0 Å². The third kappa shape index (κ3) is 3.14. The predicted molar refractivity (Wildman–Crippen MR) is 119 cm³/mol. The van der Waals surface area contributed by atoms with Crippen molar-refractivity contribution in [1.82, 2.24) is 0 Å². The summed E-state index contributed by atoms with van der Waals surface area (Å²) in [5.74, 6) is 0.431. The van der Waals surface area contributed by atoms with Crippen LogP contribution in [0, 0.1) is 5.92 Å². The van der Waals surface area contributed by atoms with Gasteiger partial charge in [-0.05, 0) is 18.8 Å². The Balaban J connectivity index is 2.16. The number of benzene rings is 2. The van der Waals surface area contributed by atoms with Gasteiger partial charge in [0.2, 0.25) is 0 Å². The second-order valence-corrected chi connectivity index (χ2v) is 18.8. The van der Waals surface area contributed by atoms with Crippen LogP contribution in [-0.2, 0) is 0 Å². The molecule has 0 saturated heterocycles. The van der Waals surface area contributed by atoms with Gasteiger partial charge in [-0.1, -0.05) is 116 Å². The highest BCUT2D eigenvalue weighted by molar-refractivity contribution is 7.09. The van der Waals surface area contributed by atoms with E-state index in [0.29, 0.717) is 5.92 Å². The lowest BCUT2D eigenvalue weighted by Crippen LogP contribution is -2.79. The standard InChI is InChI=1S/C23H34OSi2/c1-25(2,21-16-10-6-11-17-21)23(24,20-14-8-5-9-15-20)26(3,4)22-18-12-7-13-19-22/h6-7,10-13,16-20,24H,5,8-9,14-15H2,1-4H3. The molecule has 1 aliphatic rings. The summed E-state index contributed by atoms with van der Waals surface area (Å²) in [6, 6.07) is 21.8. The highest BCUT2D eigenvalue weighted by atomic mass is 28.4. The molecule has 1 N–H and O–H groups in total. The van der Waals surface area contributed by atoms with Crippen LogP contribution >= 0.6 is 0 Å². The van der Waals surface area contributed by atoms with E-state index in [9.17, 15) is 5.11 Å². The van der Waals surface area contributed by atoms with Gasteiger partial charge in [0.15, 0.2) is 0 Å². The Kier molecular flexibility index (Phi) is 5.62. The molecule has 1 fully saturated rings. The fourth-order valence-electron chi connectivity index (χ4n) is 5.47. The van der Waals surface area contributed by atoms with Crippen LogP contribution in [0.2, 0.25) is 26.2 Å².